The number of amides is 1. The molecule has 1 N–H and O–H groups in total. The Hall–Kier alpha value is -2.32. The average molecular weight is 370 g/mol. The minimum absolute atomic E-state index is 0.0409. The molecule has 0 radical (unpaired) electrons. The number of aromatic nitrogens is 4. The molecular formula is C19H26N6O2. The van der Waals surface area contributed by atoms with Gasteiger partial charge in [0.15, 0.2) is 0 Å². The van der Waals surface area contributed by atoms with E-state index in [1.807, 2.05) is 29.2 Å². The second kappa shape index (κ2) is 7.01. The van der Waals surface area contributed by atoms with Gasteiger partial charge in [0.05, 0.1) is 13.7 Å². The second-order valence-corrected chi connectivity index (χ2v) is 7.80. The second-order valence-electron chi connectivity index (χ2n) is 7.80. The van der Waals surface area contributed by atoms with Gasteiger partial charge in [-0.1, -0.05) is 12.1 Å². The molecule has 144 valence electrons. The molecule has 2 aliphatic heterocycles. The summed E-state index contributed by atoms with van der Waals surface area (Å²) in [5, 5.41) is 22.1. The lowest BCUT2D eigenvalue weighted by Crippen LogP contribution is -2.62. The fourth-order valence-corrected chi connectivity index (χ4v) is 4.54. The van der Waals surface area contributed by atoms with Gasteiger partial charge in [0.1, 0.15) is 0 Å². The van der Waals surface area contributed by atoms with Crippen molar-refractivity contribution < 1.29 is 9.90 Å². The number of aliphatic hydroxyl groups excluding tert-OH is 1. The molecule has 2 atom stereocenters. The van der Waals surface area contributed by atoms with Gasteiger partial charge in [-0.2, -0.15) is 4.80 Å². The van der Waals surface area contributed by atoms with Crippen LogP contribution in [-0.4, -0.2) is 80.4 Å². The normalized spacial score (nSPS) is 26.0. The number of rotatable bonds is 3. The van der Waals surface area contributed by atoms with Gasteiger partial charge in [-0.3, -0.25) is 4.79 Å². The number of hydrogen-bond donors (Lipinski definition) is 1. The number of carbonyl (C=O) groups excluding carboxylic acids is 1. The number of piperidine rings is 2. The fraction of sp³-hybridized carbons (Fsp3) is 0.579. The summed E-state index contributed by atoms with van der Waals surface area (Å²) in [6.45, 7) is 2.58. The first kappa shape index (κ1) is 18.1. The van der Waals surface area contributed by atoms with Crippen molar-refractivity contribution in [3.05, 3.63) is 29.8 Å². The van der Waals surface area contributed by atoms with Crippen molar-refractivity contribution >= 4 is 5.91 Å². The maximum atomic E-state index is 13.0. The number of hydrogen-bond acceptors (Lipinski definition) is 6. The molecule has 2 fully saturated rings. The van der Waals surface area contributed by atoms with Gasteiger partial charge in [0, 0.05) is 35.7 Å². The summed E-state index contributed by atoms with van der Waals surface area (Å²) < 4.78 is 0. The van der Waals surface area contributed by atoms with Crippen molar-refractivity contribution in [1.29, 1.82) is 0 Å². The average Bonchev–Trinajstić information content (AvgIpc) is 3.14. The van der Waals surface area contributed by atoms with E-state index in [0.717, 1.165) is 31.4 Å². The topological polar surface area (TPSA) is 87.4 Å². The zero-order chi connectivity index (χ0) is 19.0. The van der Waals surface area contributed by atoms with Gasteiger partial charge < -0.3 is 14.9 Å². The highest BCUT2D eigenvalue weighted by Gasteiger charge is 2.47. The van der Waals surface area contributed by atoms with Crippen LogP contribution in [0.3, 0.4) is 0 Å². The van der Waals surface area contributed by atoms with Crippen molar-refractivity contribution in [2.45, 2.75) is 25.3 Å². The van der Waals surface area contributed by atoms with Crippen molar-refractivity contribution in [2.24, 2.45) is 12.5 Å². The van der Waals surface area contributed by atoms with E-state index in [2.05, 4.69) is 27.4 Å². The molecule has 2 saturated heterocycles. The Labute approximate surface area is 158 Å². The first-order valence-corrected chi connectivity index (χ1v) is 9.47. The lowest BCUT2D eigenvalue weighted by atomic mass is 9.69. The molecule has 8 heteroatoms. The van der Waals surface area contributed by atoms with E-state index in [9.17, 15) is 9.90 Å². The summed E-state index contributed by atoms with van der Waals surface area (Å²) in [7, 11) is 3.82. The van der Waals surface area contributed by atoms with Crippen molar-refractivity contribution in [2.75, 3.05) is 33.3 Å². The number of benzene rings is 1. The van der Waals surface area contributed by atoms with E-state index >= 15 is 0 Å². The van der Waals surface area contributed by atoms with E-state index < -0.39 is 0 Å². The summed E-state index contributed by atoms with van der Waals surface area (Å²) in [5.41, 5.74) is 1.44. The maximum absolute atomic E-state index is 13.0. The van der Waals surface area contributed by atoms with E-state index in [1.54, 1.807) is 7.05 Å². The third-order valence-electron chi connectivity index (χ3n) is 6.20. The first-order chi connectivity index (χ1) is 13.0. The minimum Gasteiger partial charge on any atom is -0.396 e. The molecule has 3 heterocycles. The number of aryl methyl sites for hydroxylation is 1. The van der Waals surface area contributed by atoms with Crippen LogP contribution in [0.15, 0.2) is 24.3 Å². The Morgan fingerprint density at radius 3 is 2.67 bits per heavy atom. The zero-order valence-corrected chi connectivity index (χ0v) is 15.9. The number of nitrogens with zero attached hydrogens (tertiary/aromatic N) is 6. The number of carbonyl (C=O) groups is 1. The molecule has 0 aliphatic carbocycles. The van der Waals surface area contributed by atoms with Crippen LogP contribution in [0.4, 0.5) is 0 Å². The smallest absolute Gasteiger partial charge is 0.253 e. The Morgan fingerprint density at radius 1 is 1.22 bits per heavy atom. The largest absolute Gasteiger partial charge is 0.396 e. The molecule has 2 aromatic rings. The predicted octanol–water partition coefficient (Wildman–Crippen LogP) is 0.796. The first-order valence-electron chi connectivity index (χ1n) is 9.47. The highest BCUT2D eigenvalue weighted by Crippen LogP contribution is 2.41. The molecular weight excluding hydrogens is 344 g/mol. The third-order valence-corrected chi connectivity index (χ3v) is 6.20. The highest BCUT2D eigenvalue weighted by molar-refractivity contribution is 5.94. The van der Waals surface area contributed by atoms with Gasteiger partial charge >= 0.3 is 0 Å². The molecule has 1 amide bonds. The molecule has 1 aromatic carbocycles. The van der Waals surface area contributed by atoms with Gasteiger partial charge in [0.2, 0.25) is 5.82 Å². The van der Waals surface area contributed by atoms with Gasteiger partial charge in [-0.15, -0.1) is 10.2 Å². The number of tetrazole rings is 1. The summed E-state index contributed by atoms with van der Waals surface area (Å²) in [6, 6.07) is 7.59. The van der Waals surface area contributed by atoms with Crippen LogP contribution in [0.25, 0.3) is 11.4 Å². The zero-order valence-electron chi connectivity index (χ0n) is 15.9. The molecule has 0 bridgehead atoms. The lowest BCUT2D eigenvalue weighted by Gasteiger charge is -2.53. The molecule has 0 unspecified atom stereocenters. The summed E-state index contributed by atoms with van der Waals surface area (Å²) >= 11 is 0. The highest BCUT2D eigenvalue weighted by atomic mass is 16.3. The number of likely N-dealkylation sites (tertiary alicyclic amines) is 2. The Bertz CT molecular complexity index is 820. The monoisotopic (exact) mass is 370 g/mol. The molecule has 1 aromatic heterocycles. The predicted molar refractivity (Wildman–Crippen MR) is 99.9 cm³/mol. The Kier molecular flexibility index (Phi) is 4.69. The van der Waals surface area contributed by atoms with Crippen LogP contribution in [0.2, 0.25) is 0 Å². The van der Waals surface area contributed by atoms with Gasteiger partial charge in [-0.05, 0) is 50.2 Å². The van der Waals surface area contributed by atoms with Gasteiger partial charge in [-0.25, -0.2) is 0 Å². The summed E-state index contributed by atoms with van der Waals surface area (Å²) in [6.07, 6.45) is 3.01. The maximum Gasteiger partial charge on any atom is 0.253 e. The van der Waals surface area contributed by atoms with E-state index in [-0.39, 0.29) is 24.0 Å². The molecule has 4 rings (SSSR count). The van der Waals surface area contributed by atoms with E-state index in [4.69, 9.17) is 0 Å². The van der Waals surface area contributed by atoms with E-state index in [0.29, 0.717) is 24.5 Å². The van der Waals surface area contributed by atoms with Crippen molar-refractivity contribution in [1.82, 2.24) is 30.0 Å². The molecule has 0 saturated carbocycles. The summed E-state index contributed by atoms with van der Waals surface area (Å²) in [4.78, 5) is 18.7. The Morgan fingerprint density at radius 2 is 2.00 bits per heavy atom. The van der Waals surface area contributed by atoms with Crippen molar-refractivity contribution in [3.8, 4) is 11.4 Å². The third kappa shape index (κ3) is 3.23. The van der Waals surface area contributed by atoms with Crippen LogP contribution >= 0.6 is 0 Å². The van der Waals surface area contributed by atoms with Gasteiger partial charge in [0.25, 0.3) is 5.91 Å². The SMILES string of the molecule is CN1CCC[C@]2(CO)CCN(C(=O)c3ccc(-c4nnn(C)n4)cc3)C[C@@H]12. The van der Waals surface area contributed by atoms with Crippen LogP contribution in [0.1, 0.15) is 29.6 Å². The van der Waals surface area contributed by atoms with Crippen LogP contribution < -0.4 is 0 Å². The van der Waals surface area contributed by atoms with Crippen molar-refractivity contribution in [3.63, 3.8) is 0 Å². The van der Waals surface area contributed by atoms with E-state index in [1.165, 1.54) is 4.80 Å². The Balaban J connectivity index is 1.50. The van der Waals surface area contributed by atoms with Crippen LogP contribution in [0, 0.1) is 5.41 Å². The molecule has 8 nitrogen and oxygen atoms in total. The number of aliphatic hydroxyl groups is 1. The quantitative estimate of drug-likeness (QED) is 0.860. The number of fused-ring (bicyclic) bond motifs is 1. The molecule has 2 aliphatic rings. The fourth-order valence-electron chi connectivity index (χ4n) is 4.54. The summed E-state index contributed by atoms with van der Waals surface area (Å²) in [5.74, 6) is 0.588. The minimum atomic E-state index is -0.0642. The molecule has 27 heavy (non-hydrogen) atoms. The van der Waals surface area contributed by atoms with Crippen LogP contribution in [-0.2, 0) is 7.05 Å². The lowest BCUT2D eigenvalue weighted by molar-refractivity contribution is -0.0601. The van der Waals surface area contributed by atoms with Crippen LogP contribution in [0.5, 0.6) is 0 Å². The number of likely N-dealkylation sites (N-methyl/N-ethyl adjacent to an activating group) is 1. The molecule has 0 spiro atoms. The standard InChI is InChI=1S/C19H26N6O2/c1-23-10-3-8-19(13-26)9-11-25(12-16(19)23)18(27)15-6-4-14(5-7-15)17-20-22-24(2)21-17/h4-7,16,26H,3,8-13H2,1-2H3/t16-,19-/m1/s1.